The molecule has 1 amide bonds. The number of ether oxygens (including phenoxy) is 1. The number of carbonyl (C=O) groups is 1. The minimum Gasteiger partial charge on any atom is -0.467 e. The lowest BCUT2D eigenvalue weighted by molar-refractivity contribution is -0.154. The van der Waals surface area contributed by atoms with Crippen LogP contribution < -0.4 is 15.4 Å². The van der Waals surface area contributed by atoms with Crippen LogP contribution >= 0.6 is 24.8 Å². The molecule has 0 spiro atoms. The van der Waals surface area contributed by atoms with Crippen LogP contribution in [0.3, 0.4) is 0 Å². The monoisotopic (exact) mass is 403 g/mol. The zero-order valence-electron chi connectivity index (χ0n) is 13.5. The Bertz CT molecular complexity index is 527. The van der Waals surface area contributed by atoms with Crippen molar-refractivity contribution in [1.29, 1.82) is 0 Å². The van der Waals surface area contributed by atoms with Crippen molar-refractivity contribution in [3.8, 4) is 5.88 Å². The first-order valence-electron chi connectivity index (χ1n) is 7.59. The Labute approximate surface area is 156 Å². The Morgan fingerprint density at radius 1 is 1.40 bits per heavy atom. The summed E-state index contributed by atoms with van der Waals surface area (Å²) in [4.78, 5) is 15.8. The molecule has 1 aromatic rings. The normalized spacial score (nSPS) is 17.0. The first kappa shape index (κ1) is 23.8. The van der Waals surface area contributed by atoms with Crippen LogP contribution in [0.25, 0.3) is 0 Å². The first-order chi connectivity index (χ1) is 11.0. The predicted octanol–water partition coefficient (Wildman–Crippen LogP) is 2.99. The third kappa shape index (κ3) is 8.60. The van der Waals surface area contributed by atoms with Gasteiger partial charge in [-0.2, -0.15) is 13.2 Å². The molecule has 0 aliphatic carbocycles. The van der Waals surface area contributed by atoms with Gasteiger partial charge in [-0.1, -0.05) is 0 Å². The topological polar surface area (TPSA) is 63.2 Å². The Balaban J connectivity index is 0.00000288. The first-order valence-corrected chi connectivity index (χ1v) is 7.59. The quantitative estimate of drug-likeness (QED) is 0.766. The number of halogens is 5. The van der Waals surface area contributed by atoms with Crippen molar-refractivity contribution in [2.24, 2.45) is 5.92 Å². The molecule has 2 rings (SSSR count). The summed E-state index contributed by atoms with van der Waals surface area (Å²) in [6.07, 6.45) is -0.112. The number of pyridine rings is 1. The van der Waals surface area contributed by atoms with Gasteiger partial charge in [0, 0.05) is 12.7 Å². The number of piperidine rings is 1. The van der Waals surface area contributed by atoms with Crippen molar-refractivity contribution in [3.05, 3.63) is 23.9 Å². The molecule has 1 aliphatic heterocycles. The van der Waals surface area contributed by atoms with Gasteiger partial charge in [-0.3, -0.25) is 4.79 Å². The van der Waals surface area contributed by atoms with E-state index in [2.05, 4.69) is 20.4 Å². The molecule has 1 saturated heterocycles. The second kappa shape index (κ2) is 11.4. The van der Waals surface area contributed by atoms with Gasteiger partial charge in [0.15, 0.2) is 6.61 Å². The van der Waals surface area contributed by atoms with Gasteiger partial charge in [-0.25, -0.2) is 4.98 Å². The number of nitrogens with zero attached hydrogens (tertiary/aromatic N) is 1. The number of hydrogen-bond donors (Lipinski definition) is 2. The number of hydrogen-bond acceptors (Lipinski definition) is 4. The highest BCUT2D eigenvalue weighted by atomic mass is 35.5. The lowest BCUT2D eigenvalue weighted by atomic mass is 9.96. The molecule has 1 aliphatic rings. The fourth-order valence-electron chi connectivity index (χ4n) is 2.48. The van der Waals surface area contributed by atoms with Crippen molar-refractivity contribution in [3.63, 3.8) is 0 Å². The van der Waals surface area contributed by atoms with Crippen LogP contribution in [0.2, 0.25) is 0 Å². The van der Waals surface area contributed by atoms with Gasteiger partial charge in [0.2, 0.25) is 5.88 Å². The smallest absolute Gasteiger partial charge is 0.422 e. The van der Waals surface area contributed by atoms with Crippen molar-refractivity contribution in [2.45, 2.75) is 25.4 Å². The molecule has 2 N–H and O–H groups in total. The summed E-state index contributed by atoms with van der Waals surface area (Å²) in [6.45, 7) is 0.956. The second-order valence-electron chi connectivity index (χ2n) is 5.52. The largest absolute Gasteiger partial charge is 0.467 e. The van der Waals surface area contributed by atoms with Gasteiger partial charge in [-0.15, -0.1) is 24.8 Å². The molecule has 25 heavy (non-hydrogen) atoms. The Morgan fingerprint density at radius 3 is 2.80 bits per heavy atom. The molecule has 0 saturated carbocycles. The minimum atomic E-state index is -4.47. The predicted molar refractivity (Wildman–Crippen MR) is 92.8 cm³/mol. The summed E-state index contributed by atoms with van der Waals surface area (Å²) in [6, 6.07) is 2.89. The molecule has 144 valence electrons. The van der Waals surface area contributed by atoms with E-state index in [0.29, 0.717) is 12.5 Å². The summed E-state index contributed by atoms with van der Waals surface area (Å²) in [5.74, 6) is -0.264. The number of rotatable bonds is 6. The van der Waals surface area contributed by atoms with E-state index >= 15 is 0 Å². The van der Waals surface area contributed by atoms with E-state index in [1.54, 1.807) is 0 Å². The summed E-state index contributed by atoms with van der Waals surface area (Å²) >= 11 is 0. The summed E-state index contributed by atoms with van der Waals surface area (Å²) in [5, 5.41) is 6.01. The summed E-state index contributed by atoms with van der Waals surface area (Å²) in [5.41, 5.74) is 0.0125. The SMILES string of the molecule is Cl.Cl.O=C(NCCC1CCCNC1)c1cccnc1OCC(F)(F)F. The Hall–Kier alpha value is -1.25. The molecule has 10 heteroatoms. The number of amides is 1. The van der Waals surface area contributed by atoms with Gasteiger partial charge >= 0.3 is 6.18 Å². The maximum Gasteiger partial charge on any atom is 0.422 e. The van der Waals surface area contributed by atoms with E-state index in [-0.39, 0.29) is 36.3 Å². The van der Waals surface area contributed by atoms with Crippen molar-refractivity contribution >= 4 is 30.7 Å². The number of alkyl halides is 3. The number of carbonyl (C=O) groups excluding carboxylic acids is 1. The van der Waals surface area contributed by atoms with Crippen LogP contribution in [0.5, 0.6) is 5.88 Å². The summed E-state index contributed by atoms with van der Waals surface area (Å²) < 4.78 is 41.3. The lowest BCUT2D eigenvalue weighted by Crippen LogP contribution is -2.33. The third-order valence-corrected chi connectivity index (χ3v) is 3.63. The molecule has 5 nitrogen and oxygen atoms in total. The van der Waals surface area contributed by atoms with Gasteiger partial charge in [0.1, 0.15) is 5.56 Å². The zero-order chi connectivity index (χ0) is 16.7. The maximum absolute atomic E-state index is 12.2. The fourth-order valence-corrected chi connectivity index (χ4v) is 2.48. The van der Waals surface area contributed by atoms with E-state index in [4.69, 9.17) is 0 Å². The van der Waals surface area contributed by atoms with Crippen molar-refractivity contribution in [2.75, 3.05) is 26.2 Å². The molecule has 0 aromatic carbocycles. The number of nitrogens with one attached hydrogen (secondary N) is 2. The van der Waals surface area contributed by atoms with E-state index in [9.17, 15) is 18.0 Å². The van der Waals surface area contributed by atoms with Gasteiger partial charge in [-0.05, 0) is 50.4 Å². The van der Waals surface area contributed by atoms with Gasteiger partial charge in [0.25, 0.3) is 5.91 Å². The third-order valence-electron chi connectivity index (χ3n) is 3.63. The molecule has 1 aromatic heterocycles. The van der Waals surface area contributed by atoms with Crippen LogP contribution in [0.1, 0.15) is 29.6 Å². The molecule has 2 heterocycles. The molecular weight excluding hydrogens is 382 g/mol. The molecule has 0 radical (unpaired) electrons. The maximum atomic E-state index is 12.2. The fraction of sp³-hybridized carbons (Fsp3) is 0.600. The van der Waals surface area contributed by atoms with Crippen molar-refractivity contribution < 1.29 is 22.7 Å². The number of aromatic nitrogens is 1. The molecule has 1 atom stereocenters. The van der Waals surface area contributed by atoms with E-state index in [1.165, 1.54) is 18.3 Å². The van der Waals surface area contributed by atoms with Crippen LogP contribution in [0.4, 0.5) is 13.2 Å². The molecule has 1 fully saturated rings. The van der Waals surface area contributed by atoms with E-state index in [1.807, 2.05) is 0 Å². The zero-order valence-corrected chi connectivity index (χ0v) is 15.1. The highest BCUT2D eigenvalue weighted by Gasteiger charge is 2.29. The second-order valence-corrected chi connectivity index (χ2v) is 5.52. The van der Waals surface area contributed by atoms with E-state index < -0.39 is 18.7 Å². The molecule has 1 unspecified atom stereocenters. The highest BCUT2D eigenvalue weighted by molar-refractivity contribution is 5.96. The van der Waals surface area contributed by atoms with Crippen LogP contribution in [-0.4, -0.2) is 43.3 Å². The van der Waals surface area contributed by atoms with E-state index in [0.717, 1.165) is 32.4 Å². The minimum absolute atomic E-state index is 0. The molecular formula is C15H22Cl2F3N3O2. The van der Waals surface area contributed by atoms with Gasteiger partial charge < -0.3 is 15.4 Å². The summed E-state index contributed by atoms with van der Waals surface area (Å²) in [7, 11) is 0. The standard InChI is InChI=1S/C15H20F3N3O2.2ClH/c16-15(17,18)10-23-14-12(4-2-7-21-14)13(22)20-8-5-11-3-1-6-19-9-11;;/h2,4,7,11,19H,1,3,5-6,8-10H2,(H,20,22);2*1H. The average molecular weight is 404 g/mol. The van der Waals surface area contributed by atoms with Gasteiger partial charge in [0.05, 0.1) is 0 Å². The lowest BCUT2D eigenvalue weighted by Gasteiger charge is -2.22. The van der Waals surface area contributed by atoms with Crippen LogP contribution in [0, 0.1) is 5.92 Å². The van der Waals surface area contributed by atoms with Crippen LogP contribution in [-0.2, 0) is 0 Å². The Morgan fingerprint density at radius 2 is 2.16 bits per heavy atom. The average Bonchev–Trinajstić information content (AvgIpc) is 2.53. The molecule has 0 bridgehead atoms. The van der Waals surface area contributed by atoms with Crippen molar-refractivity contribution in [1.82, 2.24) is 15.6 Å². The van der Waals surface area contributed by atoms with Crippen LogP contribution in [0.15, 0.2) is 18.3 Å². The highest BCUT2D eigenvalue weighted by Crippen LogP contribution is 2.20. The Kier molecular flexibility index (Phi) is 10.8.